The molecule has 0 atom stereocenters. The highest BCUT2D eigenvalue weighted by Crippen LogP contribution is 2.35. The van der Waals surface area contributed by atoms with E-state index < -0.39 is 13.9 Å². The van der Waals surface area contributed by atoms with Gasteiger partial charge in [-0.15, -0.1) is 0 Å². The topological polar surface area (TPSA) is 119 Å². The fourth-order valence-corrected chi connectivity index (χ4v) is 3.99. The Morgan fingerprint density at radius 3 is 2.58 bits per heavy atom. The van der Waals surface area contributed by atoms with Gasteiger partial charge in [-0.25, -0.2) is 4.98 Å². The van der Waals surface area contributed by atoms with Gasteiger partial charge in [0, 0.05) is 17.0 Å². The van der Waals surface area contributed by atoms with Crippen molar-refractivity contribution in [2.75, 3.05) is 12.1 Å². The van der Waals surface area contributed by atoms with Gasteiger partial charge in [-0.1, -0.05) is 18.2 Å². The monoisotopic (exact) mass is 437 g/mol. The Labute approximate surface area is 180 Å². The molecule has 2 aromatic carbocycles. The molecule has 160 valence electrons. The van der Waals surface area contributed by atoms with E-state index in [-0.39, 0.29) is 0 Å². The normalized spacial score (nSPS) is 11.9. The van der Waals surface area contributed by atoms with Gasteiger partial charge in [0.2, 0.25) is 0 Å². The first kappa shape index (κ1) is 21.2. The second-order valence-electron chi connectivity index (χ2n) is 7.78. The third kappa shape index (κ3) is 4.85. The zero-order valence-corrected chi connectivity index (χ0v) is 18.3. The highest BCUT2D eigenvalue weighted by atomic mass is 31.2. The highest BCUT2D eigenvalue weighted by Gasteiger charge is 2.14. The van der Waals surface area contributed by atoms with Gasteiger partial charge in [0.25, 0.3) is 0 Å². The summed E-state index contributed by atoms with van der Waals surface area (Å²) in [5.74, 6) is 0.878. The molecule has 2 heterocycles. The lowest BCUT2D eigenvalue weighted by Crippen LogP contribution is -2.00. The van der Waals surface area contributed by atoms with Gasteiger partial charge in [-0.3, -0.25) is 9.55 Å². The molecule has 0 unspecified atom stereocenters. The van der Waals surface area contributed by atoms with E-state index in [0.29, 0.717) is 17.1 Å². The Balaban J connectivity index is 1.56. The first-order chi connectivity index (χ1) is 14.7. The van der Waals surface area contributed by atoms with Crippen molar-refractivity contribution < 1.29 is 19.1 Å². The van der Waals surface area contributed by atoms with Crippen LogP contribution in [0.4, 0.5) is 5.82 Å². The Morgan fingerprint density at radius 2 is 1.84 bits per heavy atom. The summed E-state index contributed by atoms with van der Waals surface area (Å²) in [4.78, 5) is 27.0. The van der Waals surface area contributed by atoms with Crippen molar-refractivity contribution in [2.45, 2.75) is 26.7 Å². The second kappa shape index (κ2) is 8.27. The maximum atomic E-state index is 11.0. The van der Waals surface area contributed by atoms with E-state index in [1.165, 1.54) is 0 Å². The number of hydrogen-bond acceptors (Lipinski definition) is 5. The van der Waals surface area contributed by atoms with Crippen LogP contribution >= 0.6 is 7.60 Å². The molecule has 0 radical (unpaired) electrons. The number of rotatable bonds is 6. The molecule has 0 spiro atoms. The van der Waals surface area contributed by atoms with Crippen molar-refractivity contribution >= 4 is 35.2 Å². The van der Waals surface area contributed by atoms with E-state index in [4.69, 9.17) is 20.3 Å². The molecule has 0 aliphatic rings. The number of nitrogens with zero attached hydrogens (tertiary/aromatic N) is 2. The quantitative estimate of drug-likeness (QED) is 0.304. The summed E-state index contributed by atoms with van der Waals surface area (Å²) >= 11 is 0. The molecular weight excluding hydrogens is 413 g/mol. The van der Waals surface area contributed by atoms with Crippen molar-refractivity contribution in [3.05, 3.63) is 70.9 Å². The minimum absolute atomic E-state index is 0.432. The summed E-state index contributed by atoms with van der Waals surface area (Å²) in [6.07, 6.45) is 2.81. The Kier molecular flexibility index (Phi) is 5.67. The number of hydrogen-bond donors (Lipinski definition) is 3. The average molecular weight is 437 g/mol. The number of fused-ring (bicyclic) bond motifs is 3. The van der Waals surface area contributed by atoms with Crippen LogP contribution in [-0.4, -0.2) is 26.1 Å². The summed E-state index contributed by atoms with van der Waals surface area (Å²) in [7, 11) is -4.20. The SMILES string of the molecule is Cc1ccc2c(c1)nc(N)c1ncc(CCc3ccc(OCP(=O)(O)O)cc3C)cc12. The molecule has 4 aromatic rings. The molecule has 2 aromatic heterocycles. The maximum Gasteiger partial charge on any atom is 0.362 e. The molecule has 0 saturated carbocycles. The Morgan fingerprint density at radius 1 is 1.03 bits per heavy atom. The molecule has 8 heteroatoms. The molecular formula is C23H24N3O4P. The largest absolute Gasteiger partial charge is 0.481 e. The van der Waals surface area contributed by atoms with Crippen molar-refractivity contribution in [3.63, 3.8) is 0 Å². The number of ether oxygens (including phenoxy) is 1. The molecule has 0 bridgehead atoms. The van der Waals surface area contributed by atoms with E-state index in [9.17, 15) is 4.57 Å². The lowest BCUT2D eigenvalue weighted by atomic mass is 9.99. The molecule has 4 rings (SSSR count). The van der Waals surface area contributed by atoms with E-state index in [0.717, 1.165) is 51.4 Å². The van der Waals surface area contributed by atoms with Crippen LogP contribution in [0.1, 0.15) is 22.3 Å². The molecule has 7 nitrogen and oxygen atoms in total. The summed E-state index contributed by atoms with van der Waals surface area (Å²) in [6.45, 7) is 3.99. The van der Waals surface area contributed by atoms with Crippen LogP contribution in [0.3, 0.4) is 0 Å². The predicted octanol–water partition coefficient (Wildman–Crippen LogP) is 4.28. The third-order valence-corrected chi connectivity index (χ3v) is 5.73. The fourth-order valence-electron chi connectivity index (χ4n) is 3.68. The first-order valence-corrected chi connectivity index (χ1v) is 11.7. The first-order valence-electron chi connectivity index (χ1n) is 9.91. The second-order valence-corrected chi connectivity index (χ2v) is 9.37. The van der Waals surface area contributed by atoms with Crippen molar-refractivity contribution in [1.29, 1.82) is 0 Å². The number of pyridine rings is 2. The molecule has 0 saturated heterocycles. The lowest BCUT2D eigenvalue weighted by molar-refractivity contribution is 0.300. The minimum Gasteiger partial charge on any atom is -0.481 e. The third-order valence-electron chi connectivity index (χ3n) is 5.27. The molecule has 4 N–H and O–H groups in total. The number of nitrogen functional groups attached to an aromatic ring is 1. The fraction of sp³-hybridized carbons (Fsp3) is 0.217. The summed E-state index contributed by atoms with van der Waals surface area (Å²) in [5.41, 5.74) is 12.1. The molecule has 0 amide bonds. The summed E-state index contributed by atoms with van der Waals surface area (Å²) in [5, 5.41) is 2.03. The highest BCUT2D eigenvalue weighted by molar-refractivity contribution is 7.51. The molecule has 31 heavy (non-hydrogen) atoms. The minimum atomic E-state index is -4.20. The van der Waals surface area contributed by atoms with Gasteiger partial charge in [0.1, 0.15) is 11.3 Å². The number of benzene rings is 2. The zero-order valence-electron chi connectivity index (χ0n) is 17.4. The van der Waals surface area contributed by atoms with E-state index in [1.807, 2.05) is 32.2 Å². The number of anilines is 1. The summed E-state index contributed by atoms with van der Waals surface area (Å²) < 4.78 is 16.2. The van der Waals surface area contributed by atoms with Gasteiger partial charge >= 0.3 is 7.60 Å². The van der Waals surface area contributed by atoms with Crippen LogP contribution in [0.5, 0.6) is 5.75 Å². The number of aryl methyl sites for hydroxylation is 4. The maximum absolute atomic E-state index is 11.0. The Bertz CT molecular complexity index is 1330. The molecule has 0 fully saturated rings. The predicted molar refractivity (Wildman–Crippen MR) is 122 cm³/mol. The van der Waals surface area contributed by atoms with Gasteiger partial charge < -0.3 is 20.3 Å². The van der Waals surface area contributed by atoms with Gasteiger partial charge in [-0.2, -0.15) is 0 Å². The number of nitrogens with two attached hydrogens (primary N) is 1. The van der Waals surface area contributed by atoms with Gasteiger partial charge in [0.15, 0.2) is 12.2 Å². The molecule has 0 aliphatic heterocycles. The smallest absolute Gasteiger partial charge is 0.362 e. The van der Waals surface area contributed by atoms with E-state index in [1.54, 1.807) is 12.1 Å². The van der Waals surface area contributed by atoms with Crippen molar-refractivity contribution in [3.8, 4) is 5.75 Å². The van der Waals surface area contributed by atoms with E-state index in [2.05, 4.69) is 28.2 Å². The van der Waals surface area contributed by atoms with Crippen LogP contribution in [0.25, 0.3) is 21.8 Å². The molecule has 0 aliphatic carbocycles. The Hall–Kier alpha value is -2.99. The lowest BCUT2D eigenvalue weighted by Gasteiger charge is -2.12. The standard InChI is InChI=1S/C23H24N3O4P/c1-14-3-8-19-20-11-16(12-25-22(20)23(24)26-21(19)9-14)4-5-17-6-7-18(10-15(17)2)30-13-31(27,28)29/h3,6-12H,4-5,13H2,1-2H3,(H2,24,26)(H2,27,28,29). The van der Waals surface area contributed by atoms with Crippen LogP contribution in [0.15, 0.2) is 48.7 Å². The van der Waals surface area contributed by atoms with Crippen LogP contribution < -0.4 is 10.5 Å². The van der Waals surface area contributed by atoms with Crippen LogP contribution in [0.2, 0.25) is 0 Å². The van der Waals surface area contributed by atoms with Crippen molar-refractivity contribution in [2.24, 2.45) is 0 Å². The van der Waals surface area contributed by atoms with E-state index >= 15 is 0 Å². The van der Waals surface area contributed by atoms with Crippen LogP contribution in [0, 0.1) is 13.8 Å². The van der Waals surface area contributed by atoms with Crippen LogP contribution in [-0.2, 0) is 17.4 Å². The number of aromatic nitrogens is 2. The zero-order chi connectivity index (χ0) is 22.2. The summed E-state index contributed by atoms with van der Waals surface area (Å²) in [6, 6.07) is 13.7. The average Bonchev–Trinajstić information content (AvgIpc) is 2.71. The van der Waals surface area contributed by atoms with Gasteiger partial charge in [-0.05, 0) is 73.2 Å². The van der Waals surface area contributed by atoms with Gasteiger partial charge in [0.05, 0.1) is 5.52 Å². The van der Waals surface area contributed by atoms with Crippen molar-refractivity contribution in [1.82, 2.24) is 9.97 Å².